The summed E-state index contributed by atoms with van der Waals surface area (Å²) in [6.45, 7) is -0.750. The molecule has 1 unspecified atom stereocenters. The summed E-state index contributed by atoms with van der Waals surface area (Å²) in [5.74, 6) is -6.06. The molecule has 0 saturated carbocycles. The number of nitrogens with two attached hydrogens (primary N) is 1. The van der Waals surface area contributed by atoms with Crippen molar-refractivity contribution in [1.29, 1.82) is 0 Å². The second-order valence-corrected chi connectivity index (χ2v) is 10.9. The predicted octanol–water partition coefficient (Wildman–Crippen LogP) is -2.79. The van der Waals surface area contributed by atoms with Gasteiger partial charge in [-0.1, -0.05) is 65.8 Å². The smallest absolute Gasteiger partial charge is 0.544 e. The van der Waals surface area contributed by atoms with Crippen molar-refractivity contribution in [1.82, 2.24) is 15.4 Å². The number of nitrogen functional groups attached to an aromatic ring is 1. The minimum Gasteiger partial charge on any atom is -0.544 e. The molecule has 2 amide bonds. The van der Waals surface area contributed by atoms with Crippen LogP contribution in [0.4, 0.5) is 5.13 Å². The predicted molar refractivity (Wildman–Crippen MR) is 152 cm³/mol. The maximum absolute atomic E-state index is 14.0. The van der Waals surface area contributed by atoms with Crippen LogP contribution in [-0.4, -0.2) is 70.5 Å². The van der Waals surface area contributed by atoms with Gasteiger partial charge in [-0.3, -0.25) is 24.0 Å². The number of hydrogen-bond donors (Lipinski definition) is 2. The van der Waals surface area contributed by atoms with E-state index in [1.54, 1.807) is 60.7 Å². The Morgan fingerprint density at radius 3 is 2.26 bits per heavy atom. The van der Waals surface area contributed by atoms with Gasteiger partial charge in [-0.2, -0.15) is 5.06 Å². The molecule has 1 aromatic heterocycles. The number of anilines is 1. The van der Waals surface area contributed by atoms with Gasteiger partial charge in [0.25, 0.3) is 17.5 Å². The standard InChI is InChI=1S/C29H27N5O10S.Na/c1-41-33-22(19-15-45-27(30)31-19)24(37)32-28(16-42-34(25(28)38)29(26(39)40)13-12-20(35)44-29)14-21(36)43-23(17-8-4-2-5-9-17)18-10-6-3-7-11-18;/h2-11,15,23H,12-14,16H2,1H3,(H2,30,31)(H,32,37)(H,39,40);/q;+1/p-1/t28-,29?;/m0./s1. The van der Waals surface area contributed by atoms with E-state index in [-0.39, 0.29) is 46.8 Å². The van der Waals surface area contributed by atoms with Gasteiger partial charge in [0.15, 0.2) is 22.5 Å². The Hall–Kier alpha value is -4.35. The Kier molecular flexibility index (Phi) is 10.8. The summed E-state index contributed by atoms with van der Waals surface area (Å²) in [4.78, 5) is 79.7. The Labute approximate surface area is 287 Å². The fourth-order valence-corrected chi connectivity index (χ4v) is 5.47. The number of aromatic nitrogens is 1. The number of thiazole rings is 1. The van der Waals surface area contributed by atoms with E-state index in [9.17, 15) is 29.1 Å². The Balaban J connectivity index is 0.00000480. The molecule has 5 rings (SSSR count). The van der Waals surface area contributed by atoms with Crippen molar-refractivity contribution in [2.75, 3.05) is 19.5 Å². The van der Waals surface area contributed by atoms with Crippen LogP contribution in [0.5, 0.6) is 0 Å². The first-order valence-electron chi connectivity index (χ1n) is 13.4. The number of hydroxylamine groups is 2. The van der Waals surface area contributed by atoms with E-state index >= 15 is 0 Å². The quantitative estimate of drug-likeness (QED) is 0.0926. The molecule has 0 radical (unpaired) electrons. The number of rotatable bonds is 11. The van der Waals surface area contributed by atoms with Crippen molar-refractivity contribution in [3.63, 3.8) is 0 Å². The molecule has 46 heavy (non-hydrogen) atoms. The monoisotopic (exact) mass is 659 g/mol. The topological polar surface area (TPSA) is 212 Å². The van der Waals surface area contributed by atoms with E-state index in [0.717, 1.165) is 11.3 Å². The average molecular weight is 660 g/mol. The number of amides is 2. The summed E-state index contributed by atoms with van der Waals surface area (Å²) < 4.78 is 10.9. The number of oxime groups is 1. The SMILES string of the molecule is CON=C(C(=O)N[C@@]1(CC(=O)OC(c2ccccc2)c2ccccc2)CON(C2(C(=O)[O-])CCC(=O)O2)C1=O)c1csc(N)n1.[Na+]. The molecule has 2 atom stereocenters. The largest absolute Gasteiger partial charge is 1.00 e. The van der Waals surface area contributed by atoms with E-state index in [1.165, 1.54) is 12.5 Å². The molecule has 3 heterocycles. The summed E-state index contributed by atoms with van der Waals surface area (Å²) in [6.07, 6.45) is -2.59. The van der Waals surface area contributed by atoms with Crippen LogP contribution in [0.3, 0.4) is 0 Å². The molecule has 2 fully saturated rings. The molecule has 2 aliphatic rings. The Morgan fingerprint density at radius 2 is 1.76 bits per heavy atom. The van der Waals surface area contributed by atoms with Crippen molar-refractivity contribution >= 4 is 51.9 Å². The zero-order valence-electron chi connectivity index (χ0n) is 24.7. The van der Waals surface area contributed by atoms with Crippen LogP contribution in [0.25, 0.3) is 0 Å². The van der Waals surface area contributed by atoms with Crippen LogP contribution in [0.1, 0.15) is 42.2 Å². The fraction of sp³-hybridized carbons (Fsp3) is 0.276. The van der Waals surface area contributed by atoms with Gasteiger partial charge in [-0.05, 0) is 11.1 Å². The molecule has 0 aliphatic carbocycles. The van der Waals surface area contributed by atoms with Crippen molar-refractivity contribution in [2.45, 2.75) is 36.6 Å². The first-order chi connectivity index (χ1) is 21.6. The van der Waals surface area contributed by atoms with Crippen LogP contribution >= 0.6 is 11.3 Å². The first-order valence-corrected chi connectivity index (χ1v) is 14.3. The van der Waals surface area contributed by atoms with Crippen LogP contribution in [0.2, 0.25) is 0 Å². The van der Waals surface area contributed by atoms with Gasteiger partial charge in [0.1, 0.15) is 25.4 Å². The number of carboxylic acids is 1. The molecule has 0 bridgehead atoms. The number of ether oxygens (including phenoxy) is 2. The average Bonchev–Trinajstić information content (AvgIpc) is 3.73. The third kappa shape index (κ3) is 6.90. The number of carbonyl (C=O) groups excluding carboxylic acids is 5. The molecule has 3 aromatic rings. The third-order valence-electron chi connectivity index (χ3n) is 7.05. The molecule has 15 nitrogen and oxygen atoms in total. The number of hydrogen-bond acceptors (Lipinski definition) is 14. The van der Waals surface area contributed by atoms with Gasteiger partial charge in [-0.25, -0.2) is 4.98 Å². The summed E-state index contributed by atoms with van der Waals surface area (Å²) >= 11 is 1.01. The molecule has 2 saturated heterocycles. The van der Waals surface area contributed by atoms with Crippen molar-refractivity contribution in [2.24, 2.45) is 5.16 Å². The van der Waals surface area contributed by atoms with Crippen LogP contribution in [-0.2, 0) is 43.1 Å². The van der Waals surface area contributed by atoms with Crippen molar-refractivity contribution in [3.8, 4) is 0 Å². The maximum atomic E-state index is 14.0. The number of benzene rings is 2. The van der Waals surface area contributed by atoms with Crippen LogP contribution in [0.15, 0.2) is 71.2 Å². The van der Waals surface area contributed by atoms with Crippen LogP contribution < -0.4 is 45.7 Å². The summed E-state index contributed by atoms with van der Waals surface area (Å²) in [5.41, 5.74) is 1.65. The van der Waals surface area contributed by atoms with E-state index in [0.29, 0.717) is 16.2 Å². The molecular weight excluding hydrogens is 633 g/mol. The molecular formula is C29H26N5NaO10S. The zero-order valence-corrected chi connectivity index (χ0v) is 27.5. The number of aliphatic carboxylic acids is 1. The fourth-order valence-electron chi connectivity index (χ4n) is 4.92. The maximum Gasteiger partial charge on any atom is 1.00 e. The van der Waals surface area contributed by atoms with E-state index in [1.807, 2.05) is 0 Å². The molecule has 17 heteroatoms. The minimum atomic E-state index is -2.63. The number of cyclic esters (lactones) is 1. The van der Waals surface area contributed by atoms with E-state index in [4.69, 9.17) is 24.9 Å². The molecule has 0 spiro atoms. The Bertz CT molecular complexity index is 1620. The zero-order chi connectivity index (χ0) is 32.2. The van der Waals surface area contributed by atoms with Crippen molar-refractivity contribution < 1.29 is 77.8 Å². The van der Waals surface area contributed by atoms with Gasteiger partial charge in [0.2, 0.25) is 0 Å². The van der Waals surface area contributed by atoms with Crippen LogP contribution in [0, 0.1) is 0 Å². The van der Waals surface area contributed by atoms with Gasteiger partial charge < -0.3 is 35.3 Å². The van der Waals surface area contributed by atoms with Gasteiger partial charge in [0.05, 0.1) is 12.8 Å². The summed E-state index contributed by atoms with van der Waals surface area (Å²) in [7, 11) is 1.17. The van der Waals surface area contributed by atoms with Gasteiger partial charge in [-0.15, -0.1) is 11.3 Å². The number of carbonyl (C=O) groups is 5. The second kappa shape index (κ2) is 14.4. The van der Waals surface area contributed by atoms with Gasteiger partial charge >= 0.3 is 41.5 Å². The first kappa shape index (κ1) is 34.5. The number of carboxylic acid groups (broad SMARTS) is 1. The molecule has 2 aliphatic heterocycles. The Morgan fingerprint density at radius 1 is 1.13 bits per heavy atom. The molecule has 3 N–H and O–H groups in total. The summed E-state index contributed by atoms with van der Waals surface area (Å²) in [6, 6.07) is 17.6. The normalized spacial score (nSPS) is 21.0. The summed E-state index contributed by atoms with van der Waals surface area (Å²) in [5, 5.41) is 20.2. The molecule has 234 valence electrons. The third-order valence-corrected chi connectivity index (χ3v) is 7.72. The molecule has 2 aromatic carbocycles. The van der Waals surface area contributed by atoms with Crippen molar-refractivity contribution in [3.05, 3.63) is 82.9 Å². The van der Waals surface area contributed by atoms with E-state index < -0.39 is 72.3 Å². The number of esters is 2. The van der Waals surface area contributed by atoms with Gasteiger partial charge in [0, 0.05) is 11.8 Å². The van der Waals surface area contributed by atoms with E-state index in [2.05, 4.69) is 15.5 Å². The number of nitrogens with one attached hydrogen (secondary N) is 1. The number of nitrogens with zero attached hydrogens (tertiary/aromatic N) is 3. The second-order valence-electron chi connectivity index (χ2n) is 10.0. The minimum absolute atomic E-state index is 0.